The third kappa shape index (κ3) is 2.97. The monoisotopic (exact) mass is 258 g/mol. The molecule has 0 bridgehead atoms. The van der Waals surface area contributed by atoms with Crippen molar-refractivity contribution in [2.45, 2.75) is 26.1 Å². The molecule has 0 aliphatic carbocycles. The van der Waals surface area contributed by atoms with E-state index in [0.29, 0.717) is 38.2 Å². The quantitative estimate of drug-likeness (QED) is 0.812. The van der Waals surface area contributed by atoms with Crippen molar-refractivity contribution in [3.63, 3.8) is 0 Å². The molecule has 1 fully saturated rings. The first kappa shape index (κ1) is 13.2. The lowest BCUT2D eigenvalue weighted by molar-refractivity contribution is -0.0463. The first-order chi connectivity index (χ1) is 8.72. The van der Waals surface area contributed by atoms with Gasteiger partial charge in [0.05, 0.1) is 19.8 Å². The summed E-state index contributed by atoms with van der Waals surface area (Å²) in [5.74, 6) is -1.83. The van der Waals surface area contributed by atoms with Gasteiger partial charge in [-0.2, -0.15) is 4.39 Å². The molecule has 0 atom stereocenters. The Kier molecular flexibility index (Phi) is 4.49. The Bertz CT molecular complexity index is 403. The fourth-order valence-corrected chi connectivity index (χ4v) is 1.88. The smallest absolute Gasteiger partial charge is 0.200 e. The van der Waals surface area contributed by atoms with E-state index in [9.17, 15) is 8.78 Å². The molecule has 1 aliphatic rings. The number of rotatable bonds is 5. The van der Waals surface area contributed by atoms with E-state index in [-0.39, 0.29) is 12.0 Å². The minimum atomic E-state index is -0.928. The Balaban J connectivity index is 2.01. The lowest BCUT2D eigenvalue weighted by atomic mass is 10.1. The fraction of sp³-hybridized carbons (Fsp3) is 0.538. The predicted octanol–water partition coefficient (Wildman–Crippen LogP) is 2.67. The van der Waals surface area contributed by atoms with Gasteiger partial charge in [0.15, 0.2) is 17.9 Å². The highest BCUT2D eigenvalue weighted by Crippen LogP contribution is 2.24. The zero-order valence-corrected chi connectivity index (χ0v) is 10.2. The Morgan fingerprint density at radius 1 is 1.22 bits per heavy atom. The van der Waals surface area contributed by atoms with Gasteiger partial charge in [-0.3, -0.25) is 0 Å². The number of halogens is 2. The van der Waals surface area contributed by atoms with Crippen LogP contribution in [0.3, 0.4) is 0 Å². The number of aryl methyl sites for hydroxylation is 1. The second-order valence-corrected chi connectivity index (χ2v) is 3.99. The predicted molar refractivity (Wildman–Crippen MR) is 61.5 cm³/mol. The maximum Gasteiger partial charge on any atom is 0.200 e. The van der Waals surface area contributed by atoms with Crippen LogP contribution in [-0.4, -0.2) is 26.1 Å². The Morgan fingerprint density at radius 3 is 2.61 bits per heavy atom. The van der Waals surface area contributed by atoms with Crippen LogP contribution >= 0.6 is 0 Å². The average Bonchev–Trinajstić information content (AvgIpc) is 2.87. The zero-order valence-electron chi connectivity index (χ0n) is 10.2. The molecule has 0 unspecified atom stereocenters. The summed E-state index contributed by atoms with van der Waals surface area (Å²) in [6.45, 7) is 3.15. The number of ether oxygens (including phenoxy) is 3. The molecule has 5 heteroatoms. The van der Waals surface area contributed by atoms with Gasteiger partial charge in [-0.05, 0) is 25.0 Å². The minimum Gasteiger partial charge on any atom is -0.491 e. The normalized spacial score (nSPS) is 16.2. The van der Waals surface area contributed by atoms with Crippen molar-refractivity contribution in [1.29, 1.82) is 0 Å². The van der Waals surface area contributed by atoms with Gasteiger partial charge in [0.2, 0.25) is 5.82 Å². The van der Waals surface area contributed by atoms with Crippen LogP contribution < -0.4 is 4.74 Å². The van der Waals surface area contributed by atoms with E-state index < -0.39 is 11.6 Å². The largest absolute Gasteiger partial charge is 0.491 e. The molecule has 0 aromatic heterocycles. The van der Waals surface area contributed by atoms with Crippen molar-refractivity contribution in [1.82, 2.24) is 0 Å². The maximum atomic E-state index is 13.7. The van der Waals surface area contributed by atoms with Gasteiger partial charge in [0, 0.05) is 6.42 Å². The van der Waals surface area contributed by atoms with E-state index in [4.69, 9.17) is 14.2 Å². The van der Waals surface area contributed by atoms with Crippen LogP contribution in [0.1, 0.15) is 18.9 Å². The highest BCUT2D eigenvalue weighted by atomic mass is 19.2. The van der Waals surface area contributed by atoms with Crippen LogP contribution in [0.4, 0.5) is 8.78 Å². The molecule has 1 saturated heterocycles. The van der Waals surface area contributed by atoms with Crippen LogP contribution in [0.2, 0.25) is 0 Å². The van der Waals surface area contributed by atoms with Crippen LogP contribution in [0, 0.1) is 11.6 Å². The second kappa shape index (κ2) is 6.11. The molecule has 0 saturated carbocycles. The third-order valence-electron chi connectivity index (χ3n) is 2.77. The van der Waals surface area contributed by atoms with Gasteiger partial charge in [0.25, 0.3) is 0 Å². The third-order valence-corrected chi connectivity index (χ3v) is 2.77. The van der Waals surface area contributed by atoms with Gasteiger partial charge in [-0.25, -0.2) is 4.39 Å². The number of hydrogen-bond donors (Lipinski definition) is 0. The fourth-order valence-electron chi connectivity index (χ4n) is 1.88. The highest BCUT2D eigenvalue weighted by Gasteiger charge is 2.19. The molecule has 3 nitrogen and oxygen atoms in total. The summed E-state index contributed by atoms with van der Waals surface area (Å²) in [6.07, 6.45) is 0.587. The van der Waals surface area contributed by atoms with Gasteiger partial charge in [-0.1, -0.05) is 6.07 Å². The van der Waals surface area contributed by atoms with Crippen molar-refractivity contribution in [2.24, 2.45) is 0 Å². The molecule has 0 spiro atoms. The minimum absolute atomic E-state index is 0.0490. The van der Waals surface area contributed by atoms with Crippen molar-refractivity contribution in [2.75, 3.05) is 19.8 Å². The summed E-state index contributed by atoms with van der Waals surface area (Å²) < 4.78 is 42.8. The van der Waals surface area contributed by atoms with Gasteiger partial charge in [-0.15, -0.1) is 0 Å². The number of benzene rings is 1. The standard InChI is InChI=1S/C13H16F2O3/c1-2-16-10-5-3-9(12(14)13(10)15)4-6-11-17-7-8-18-11/h3,5,11H,2,4,6-8H2,1H3. The molecule has 0 radical (unpaired) electrons. The highest BCUT2D eigenvalue weighted by molar-refractivity contribution is 5.31. The van der Waals surface area contributed by atoms with E-state index in [1.165, 1.54) is 6.07 Å². The Hall–Kier alpha value is -1.20. The van der Waals surface area contributed by atoms with Gasteiger partial charge < -0.3 is 14.2 Å². The van der Waals surface area contributed by atoms with Crippen LogP contribution in [0.25, 0.3) is 0 Å². The maximum absolute atomic E-state index is 13.7. The van der Waals surface area contributed by atoms with Crippen LogP contribution in [-0.2, 0) is 15.9 Å². The van der Waals surface area contributed by atoms with Crippen molar-refractivity contribution >= 4 is 0 Å². The summed E-state index contributed by atoms with van der Waals surface area (Å²) >= 11 is 0. The zero-order chi connectivity index (χ0) is 13.0. The second-order valence-electron chi connectivity index (χ2n) is 3.99. The molecule has 1 aromatic rings. The van der Waals surface area contributed by atoms with Crippen molar-refractivity contribution < 1.29 is 23.0 Å². The van der Waals surface area contributed by atoms with Gasteiger partial charge in [0.1, 0.15) is 0 Å². The summed E-state index contributed by atoms with van der Waals surface area (Å²) in [5.41, 5.74) is 0.315. The summed E-state index contributed by atoms with van der Waals surface area (Å²) in [4.78, 5) is 0. The topological polar surface area (TPSA) is 27.7 Å². The molecule has 0 N–H and O–H groups in total. The molecule has 1 heterocycles. The van der Waals surface area contributed by atoms with E-state index in [1.54, 1.807) is 13.0 Å². The summed E-state index contributed by atoms with van der Waals surface area (Å²) in [5, 5.41) is 0. The lowest BCUT2D eigenvalue weighted by Crippen LogP contribution is -2.10. The van der Waals surface area contributed by atoms with Crippen LogP contribution in [0.15, 0.2) is 12.1 Å². The molecule has 0 amide bonds. The first-order valence-electron chi connectivity index (χ1n) is 6.05. The molecule has 1 aliphatic heterocycles. The summed E-state index contributed by atoms with van der Waals surface area (Å²) in [7, 11) is 0. The van der Waals surface area contributed by atoms with E-state index in [2.05, 4.69) is 0 Å². The molecule has 100 valence electrons. The average molecular weight is 258 g/mol. The Labute approximate surface area is 105 Å². The van der Waals surface area contributed by atoms with Crippen LogP contribution in [0.5, 0.6) is 5.75 Å². The number of hydrogen-bond acceptors (Lipinski definition) is 3. The van der Waals surface area contributed by atoms with Crippen molar-refractivity contribution in [3.05, 3.63) is 29.3 Å². The van der Waals surface area contributed by atoms with E-state index in [1.807, 2.05) is 0 Å². The SMILES string of the molecule is CCOc1ccc(CCC2OCCO2)c(F)c1F. The first-order valence-corrected chi connectivity index (χ1v) is 6.05. The van der Waals surface area contributed by atoms with Gasteiger partial charge >= 0.3 is 0 Å². The Morgan fingerprint density at radius 2 is 1.94 bits per heavy atom. The molecule has 1 aromatic carbocycles. The van der Waals surface area contributed by atoms with Crippen molar-refractivity contribution in [3.8, 4) is 5.75 Å². The lowest BCUT2D eigenvalue weighted by Gasteiger charge is -2.11. The van der Waals surface area contributed by atoms with E-state index >= 15 is 0 Å². The van der Waals surface area contributed by atoms with E-state index in [0.717, 1.165) is 0 Å². The summed E-state index contributed by atoms with van der Waals surface area (Å²) in [6, 6.07) is 2.99. The molecule has 18 heavy (non-hydrogen) atoms. The molecule has 2 rings (SSSR count). The molecular weight excluding hydrogens is 242 g/mol. The molecular formula is C13H16F2O3.